The molecular formula is C15H21N3O. The van der Waals surface area contributed by atoms with Crippen LogP contribution in [0.1, 0.15) is 55.4 Å². The van der Waals surface area contributed by atoms with Crippen LogP contribution in [0.25, 0.3) is 0 Å². The average Bonchev–Trinajstić information content (AvgIpc) is 3.24. The van der Waals surface area contributed by atoms with Crippen LogP contribution >= 0.6 is 0 Å². The normalized spacial score (nSPS) is 20.0. The summed E-state index contributed by atoms with van der Waals surface area (Å²) in [6, 6.07) is 4.74. The van der Waals surface area contributed by atoms with Crippen molar-refractivity contribution in [2.24, 2.45) is 0 Å². The highest BCUT2D eigenvalue weighted by atomic mass is 16.2. The third-order valence-corrected chi connectivity index (χ3v) is 3.88. The van der Waals surface area contributed by atoms with Gasteiger partial charge in [-0.05, 0) is 37.8 Å². The summed E-state index contributed by atoms with van der Waals surface area (Å²) in [6.07, 6.45) is 10.3. The summed E-state index contributed by atoms with van der Waals surface area (Å²) in [7, 11) is 0. The minimum Gasteiger partial charge on any atom is -0.382 e. The maximum atomic E-state index is 11.9. The second kappa shape index (κ2) is 5.59. The Hall–Kier alpha value is -1.58. The van der Waals surface area contributed by atoms with Gasteiger partial charge in [-0.15, -0.1) is 0 Å². The summed E-state index contributed by atoms with van der Waals surface area (Å²) < 4.78 is 0. The van der Waals surface area contributed by atoms with Crippen molar-refractivity contribution < 1.29 is 4.79 Å². The first-order valence-corrected chi connectivity index (χ1v) is 7.35. The van der Waals surface area contributed by atoms with Gasteiger partial charge < -0.3 is 10.6 Å². The first kappa shape index (κ1) is 12.5. The minimum atomic E-state index is -0.0465. The molecule has 3 rings (SSSR count). The number of pyridine rings is 1. The molecule has 0 unspecified atom stereocenters. The third kappa shape index (κ3) is 3.46. The van der Waals surface area contributed by atoms with E-state index in [1.807, 2.05) is 12.1 Å². The van der Waals surface area contributed by atoms with Crippen molar-refractivity contribution in [3.05, 3.63) is 24.0 Å². The maximum Gasteiger partial charge on any atom is 0.270 e. The molecule has 2 saturated carbocycles. The Morgan fingerprint density at radius 3 is 2.63 bits per heavy atom. The molecule has 0 aromatic carbocycles. The van der Waals surface area contributed by atoms with E-state index in [2.05, 4.69) is 15.6 Å². The van der Waals surface area contributed by atoms with Gasteiger partial charge in [0.25, 0.3) is 5.91 Å². The molecule has 1 aromatic rings. The van der Waals surface area contributed by atoms with Gasteiger partial charge >= 0.3 is 0 Å². The summed E-state index contributed by atoms with van der Waals surface area (Å²) >= 11 is 0. The van der Waals surface area contributed by atoms with Crippen LogP contribution < -0.4 is 10.6 Å². The lowest BCUT2D eigenvalue weighted by Crippen LogP contribution is -2.27. The largest absolute Gasteiger partial charge is 0.382 e. The Labute approximate surface area is 114 Å². The second-order valence-corrected chi connectivity index (χ2v) is 5.66. The molecule has 1 heterocycles. The Morgan fingerprint density at radius 2 is 1.89 bits per heavy atom. The monoisotopic (exact) mass is 259 g/mol. The molecule has 0 spiro atoms. The van der Waals surface area contributed by atoms with Gasteiger partial charge in [0.05, 0.1) is 0 Å². The SMILES string of the molecule is O=C(NC1CC1)c1cc(NC2CCCCC2)ccn1. The van der Waals surface area contributed by atoms with Crippen molar-refractivity contribution in [3.63, 3.8) is 0 Å². The number of amides is 1. The lowest BCUT2D eigenvalue weighted by Gasteiger charge is -2.23. The number of hydrogen-bond acceptors (Lipinski definition) is 3. The fourth-order valence-corrected chi connectivity index (χ4v) is 2.61. The van der Waals surface area contributed by atoms with Crippen molar-refractivity contribution >= 4 is 11.6 Å². The van der Waals surface area contributed by atoms with E-state index in [1.54, 1.807) is 6.20 Å². The van der Waals surface area contributed by atoms with Gasteiger partial charge in [-0.3, -0.25) is 9.78 Å². The van der Waals surface area contributed by atoms with E-state index in [0.29, 0.717) is 17.8 Å². The number of aromatic nitrogens is 1. The molecule has 0 saturated heterocycles. The van der Waals surface area contributed by atoms with Gasteiger partial charge in [-0.2, -0.15) is 0 Å². The van der Waals surface area contributed by atoms with E-state index in [9.17, 15) is 4.79 Å². The molecule has 2 N–H and O–H groups in total. The smallest absolute Gasteiger partial charge is 0.270 e. The van der Waals surface area contributed by atoms with Crippen LogP contribution in [0, 0.1) is 0 Å². The van der Waals surface area contributed by atoms with Crippen LogP contribution in [0.3, 0.4) is 0 Å². The predicted octanol–water partition coefficient (Wildman–Crippen LogP) is 2.72. The zero-order chi connectivity index (χ0) is 13.1. The molecule has 0 atom stereocenters. The van der Waals surface area contributed by atoms with Crippen molar-refractivity contribution in [1.29, 1.82) is 0 Å². The van der Waals surface area contributed by atoms with Gasteiger partial charge in [-0.1, -0.05) is 19.3 Å². The quantitative estimate of drug-likeness (QED) is 0.874. The van der Waals surface area contributed by atoms with Gasteiger partial charge in [0, 0.05) is 24.0 Å². The van der Waals surface area contributed by atoms with E-state index >= 15 is 0 Å². The summed E-state index contributed by atoms with van der Waals surface area (Å²) in [5.41, 5.74) is 1.54. The van der Waals surface area contributed by atoms with Gasteiger partial charge in [0.1, 0.15) is 5.69 Å². The van der Waals surface area contributed by atoms with Crippen LogP contribution in [-0.4, -0.2) is 23.0 Å². The lowest BCUT2D eigenvalue weighted by molar-refractivity contribution is 0.0946. The van der Waals surface area contributed by atoms with E-state index in [-0.39, 0.29) is 5.91 Å². The van der Waals surface area contributed by atoms with E-state index in [4.69, 9.17) is 0 Å². The fraction of sp³-hybridized carbons (Fsp3) is 0.600. The molecule has 1 aromatic heterocycles. The molecular weight excluding hydrogens is 238 g/mol. The van der Waals surface area contributed by atoms with Gasteiger partial charge in [-0.25, -0.2) is 0 Å². The third-order valence-electron chi connectivity index (χ3n) is 3.88. The molecule has 0 bridgehead atoms. The molecule has 0 radical (unpaired) electrons. The molecule has 0 aliphatic heterocycles. The molecule has 2 aliphatic carbocycles. The number of carbonyl (C=O) groups is 1. The van der Waals surface area contributed by atoms with Gasteiger partial charge in [0.2, 0.25) is 0 Å². The standard InChI is InChI=1S/C15H21N3O/c19-15(18-12-6-7-12)14-10-13(8-9-16-14)17-11-4-2-1-3-5-11/h8-12H,1-7H2,(H,16,17)(H,18,19). The maximum absolute atomic E-state index is 11.9. The van der Waals surface area contributed by atoms with E-state index in [1.165, 1.54) is 32.1 Å². The zero-order valence-electron chi connectivity index (χ0n) is 11.2. The Kier molecular flexibility index (Phi) is 3.67. The number of nitrogens with one attached hydrogen (secondary N) is 2. The Bertz CT molecular complexity index is 450. The zero-order valence-corrected chi connectivity index (χ0v) is 11.2. The van der Waals surface area contributed by atoms with E-state index in [0.717, 1.165) is 18.5 Å². The molecule has 2 fully saturated rings. The molecule has 2 aliphatic rings. The van der Waals surface area contributed by atoms with Crippen molar-refractivity contribution in [3.8, 4) is 0 Å². The second-order valence-electron chi connectivity index (χ2n) is 5.66. The van der Waals surface area contributed by atoms with Crippen LogP contribution in [-0.2, 0) is 0 Å². The van der Waals surface area contributed by atoms with E-state index < -0.39 is 0 Å². The summed E-state index contributed by atoms with van der Waals surface area (Å²) in [4.78, 5) is 16.1. The number of hydrogen-bond donors (Lipinski definition) is 2. The molecule has 4 nitrogen and oxygen atoms in total. The van der Waals surface area contributed by atoms with Crippen molar-refractivity contribution in [2.45, 2.75) is 57.0 Å². The first-order valence-electron chi connectivity index (χ1n) is 7.35. The first-order chi connectivity index (χ1) is 9.31. The number of nitrogens with zero attached hydrogens (tertiary/aromatic N) is 1. The summed E-state index contributed by atoms with van der Waals surface area (Å²) in [6.45, 7) is 0. The topological polar surface area (TPSA) is 54.0 Å². The summed E-state index contributed by atoms with van der Waals surface area (Å²) in [5.74, 6) is -0.0465. The number of rotatable bonds is 4. The molecule has 4 heteroatoms. The highest BCUT2D eigenvalue weighted by molar-refractivity contribution is 5.93. The van der Waals surface area contributed by atoms with Crippen LogP contribution in [0.15, 0.2) is 18.3 Å². The van der Waals surface area contributed by atoms with Crippen molar-refractivity contribution in [1.82, 2.24) is 10.3 Å². The minimum absolute atomic E-state index is 0.0465. The molecule has 19 heavy (non-hydrogen) atoms. The lowest BCUT2D eigenvalue weighted by atomic mass is 9.95. The van der Waals surface area contributed by atoms with Crippen LogP contribution in [0.4, 0.5) is 5.69 Å². The highest BCUT2D eigenvalue weighted by Crippen LogP contribution is 2.22. The number of anilines is 1. The Balaban J connectivity index is 1.62. The average molecular weight is 259 g/mol. The Morgan fingerprint density at radius 1 is 1.11 bits per heavy atom. The summed E-state index contributed by atoms with van der Waals surface area (Å²) in [5, 5.41) is 6.50. The molecule has 102 valence electrons. The molecule has 1 amide bonds. The van der Waals surface area contributed by atoms with Crippen LogP contribution in [0.2, 0.25) is 0 Å². The fourth-order valence-electron chi connectivity index (χ4n) is 2.61. The highest BCUT2D eigenvalue weighted by Gasteiger charge is 2.24. The number of carbonyl (C=O) groups excluding carboxylic acids is 1. The van der Waals surface area contributed by atoms with Crippen molar-refractivity contribution in [2.75, 3.05) is 5.32 Å². The van der Waals surface area contributed by atoms with Crippen LogP contribution in [0.5, 0.6) is 0 Å². The predicted molar refractivity (Wildman–Crippen MR) is 75.2 cm³/mol. The van der Waals surface area contributed by atoms with Gasteiger partial charge in [0.15, 0.2) is 0 Å².